The molecule has 3 fully saturated rings. The van der Waals surface area contributed by atoms with Crippen LogP contribution in [0.5, 0.6) is 0 Å². The van der Waals surface area contributed by atoms with Gasteiger partial charge in [0.1, 0.15) is 0 Å². The van der Waals surface area contributed by atoms with Gasteiger partial charge in [0.15, 0.2) is 0 Å². The van der Waals surface area contributed by atoms with Crippen molar-refractivity contribution in [1.29, 1.82) is 0 Å². The van der Waals surface area contributed by atoms with Gasteiger partial charge in [0.05, 0.1) is 26.9 Å². The van der Waals surface area contributed by atoms with Crippen molar-refractivity contribution in [3.05, 3.63) is 0 Å². The summed E-state index contributed by atoms with van der Waals surface area (Å²) in [4.78, 5) is 10.8. The Morgan fingerprint density at radius 3 is 2.38 bits per heavy atom. The van der Waals surface area contributed by atoms with Gasteiger partial charge < -0.3 is 18.9 Å². The van der Waals surface area contributed by atoms with Crippen LogP contribution in [0.2, 0.25) is 0 Å². The highest BCUT2D eigenvalue weighted by Gasteiger charge is 2.51. The summed E-state index contributed by atoms with van der Waals surface area (Å²) in [7, 11) is 1.33. The van der Waals surface area contributed by atoms with E-state index in [4.69, 9.17) is 14.2 Å². The Balaban J connectivity index is 1.68. The van der Waals surface area contributed by atoms with E-state index in [-0.39, 0.29) is 5.41 Å². The summed E-state index contributed by atoms with van der Waals surface area (Å²) in [6.45, 7) is 4.34. The normalized spacial score (nSPS) is 30.6. The van der Waals surface area contributed by atoms with Crippen LogP contribution >= 0.6 is 0 Å². The van der Waals surface area contributed by atoms with Crippen molar-refractivity contribution < 1.29 is 23.7 Å². The van der Waals surface area contributed by atoms with Crippen molar-refractivity contribution in [3.63, 3.8) is 0 Å². The van der Waals surface area contributed by atoms with Gasteiger partial charge in [-0.1, -0.05) is 19.3 Å². The van der Waals surface area contributed by atoms with Crippen molar-refractivity contribution in [2.75, 3.05) is 26.9 Å². The van der Waals surface area contributed by atoms with E-state index in [0.29, 0.717) is 12.8 Å². The molecule has 3 rings (SSSR count). The minimum Gasteiger partial charge on any atom is -0.459 e. The molecule has 3 heterocycles. The Morgan fingerprint density at radius 1 is 1.14 bits per heavy atom. The van der Waals surface area contributed by atoms with Crippen LogP contribution in [-0.4, -0.2) is 38.9 Å². The lowest BCUT2D eigenvalue weighted by molar-refractivity contribution is -0.470. The summed E-state index contributed by atoms with van der Waals surface area (Å²) in [5, 5.41) is 0. The highest BCUT2D eigenvalue weighted by Crippen LogP contribution is 2.43. The average Bonchev–Trinajstić information content (AvgIpc) is 2.52. The zero-order chi connectivity index (χ0) is 15.2. The molecule has 5 nitrogen and oxygen atoms in total. The van der Waals surface area contributed by atoms with Crippen LogP contribution in [0.25, 0.3) is 0 Å². The Bertz CT molecular complexity index is 396. The van der Waals surface area contributed by atoms with Crippen molar-refractivity contribution in [2.24, 2.45) is 5.41 Å². The topological polar surface area (TPSA) is 54.0 Å². The quantitative estimate of drug-likeness (QED) is 0.326. The molecule has 2 bridgehead atoms. The van der Waals surface area contributed by atoms with Crippen LogP contribution in [0, 0.1) is 17.3 Å². The lowest BCUT2D eigenvalue weighted by Crippen LogP contribution is -2.59. The summed E-state index contributed by atoms with van der Waals surface area (Å²) < 4.78 is 21.9. The molecular formula is C16H24O5. The maximum atomic E-state index is 10.8. The van der Waals surface area contributed by atoms with E-state index < -0.39 is 11.9 Å². The fraction of sp³-hybridized carbons (Fsp3) is 0.812. The third-order valence-electron chi connectivity index (χ3n) is 3.99. The smallest absolute Gasteiger partial charge is 0.384 e. The van der Waals surface area contributed by atoms with Crippen LogP contribution in [0.4, 0.5) is 0 Å². The summed E-state index contributed by atoms with van der Waals surface area (Å²) >= 11 is 0. The van der Waals surface area contributed by atoms with Gasteiger partial charge in [0.2, 0.25) is 0 Å². The molecule has 5 heteroatoms. The molecular weight excluding hydrogens is 272 g/mol. The zero-order valence-corrected chi connectivity index (χ0v) is 12.9. The number of carbonyl (C=O) groups is 1. The molecule has 3 aliphatic heterocycles. The number of carbonyl (C=O) groups excluding carboxylic acids is 1. The number of unbranched alkanes of at least 4 members (excludes halogenated alkanes) is 2. The molecule has 0 aromatic rings. The maximum absolute atomic E-state index is 10.8. The predicted octanol–water partition coefficient (Wildman–Crippen LogP) is 2.24. The van der Waals surface area contributed by atoms with Crippen molar-refractivity contribution in [2.45, 2.75) is 51.4 Å². The Hall–Kier alpha value is -1.09. The van der Waals surface area contributed by atoms with Crippen molar-refractivity contribution in [3.8, 4) is 11.8 Å². The molecule has 0 spiro atoms. The van der Waals surface area contributed by atoms with Gasteiger partial charge in [-0.25, -0.2) is 4.79 Å². The summed E-state index contributed by atoms with van der Waals surface area (Å²) in [6, 6.07) is 0. The molecule has 3 saturated heterocycles. The number of methoxy groups -OCH3 is 1. The van der Waals surface area contributed by atoms with Gasteiger partial charge in [-0.15, -0.1) is 0 Å². The molecule has 0 saturated carbocycles. The molecule has 21 heavy (non-hydrogen) atoms. The number of ether oxygens (including phenoxy) is 4. The number of rotatable bonds is 6. The van der Waals surface area contributed by atoms with Gasteiger partial charge in [-0.05, 0) is 19.3 Å². The van der Waals surface area contributed by atoms with E-state index in [2.05, 4.69) is 23.5 Å². The zero-order valence-electron chi connectivity index (χ0n) is 12.9. The minimum absolute atomic E-state index is 0.0580. The van der Waals surface area contributed by atoms with Crippen LogP contribution in [0.3, 0.4) is 0 Å². The molecule has 3 aliphatic rings. The number of hydrogen-bond donors (Lipinski definition) is 0. The van der Waals surface area contributed by atoms with Crippen molar-refractivity contribution >= 4 is 5.97 Å². The van der Waals surface area contributed by atoms with Gasteiger partial charge in [-0.3, -0.25) is 0 Å². The third-order valence-corrected chi connectivity index (χ3v) is 3.99. The molecule has 0 aromatic carbocycles. The second-order valence-corrected chi connectivity index (χ2v) is 5.80. The Morgan fingerprint density at radius 2 is 1.81 bits per heavy atom. The van der Waals surface area contributed by atoms with Crippen LogP contribution in [-0.2, 0) is 23.7 Å². The second-order valence-electron chi connectivity index (χ2n) is 5.80. The van der Waals surface area contributed by atoms with E-state index in [1.807, 2.05) is 0 Å². The van der Waals surface area contributed by atoms with E-state index >= 15 is 0 Å². The Kier molecular flexibility index (Phi) is 5.63. The first-order valence-electron chi connectivity index (χ1n) is 7.62. The molecule has 0 N–H and O–H groups in total. The fourth-order valence-electron chi connectivity index (χ4n) is 2.74. The SMILES string of the molecule is CCCC12COC(CCCCC#CC(=O)OC)(OC1)OC2. The fourth-order valence-corrected chi connectivity index (χ4v) is 2.74. The van der Waals surface area contributed by atoms with Gasteiger partial charge in [0.25, 0.3) is 5.97 Å². The van der Waals surface area contributed by atoms with Crippen molar-refractivity contribution in [1.82, 2.24) is 0 Å². The molecule has 0 unspecified atom stereocenters. The Labute approximate surface area is 126 Å². The largest absolute Gasteiger partial charge is 0.459 e. The number of esters is 1. The number of hydrogen-bond acceptors (Lipinski definition) is 5. The van der Waals surface area contributed by atoms with Crippen LogP contribution < -0.4 is 0 Å². The van der Waals surface area contributed by atoms with Gasteiger partial charge in [-0.2, -0.15) is 0 Å². The predicted molar refractivity (Wildman–Crippen MR) is 76.2 cm³/mol. The summed E-state index contributed by atoms with van der Waals surface area (Å²) in [5.74, 6) is 3.87. The van der Waals surface area contributed by atoms with Crippen LogP contribution in [0.1, 0.15) is 45.4 Å². The molecule has 118 valence electrons. The highest BCUT2D eigenvalue weighted by atomic mass is 16.9. The number of fused-ring (bicyclic) bond motifs is 3. The molecule has 0 atom stereocenters. The maximum Gasteiger partial charge on any atom is 0.384 e. The lowest BCUT2D eigenvalue weighted by atomic mass is 9.84. The standard InChI is InChI=1S/C16H24O5/c1-3-9-15-11-19-16(20-12-15,21-13-15)10-7-5-4-6-8-14(17)18-2/h3-5,7,9-13H2,1-2H3. The molecule has 0 aromatic heterocycles. The first-order valence-corrected chi connectivity index (χ1v) is 7.62. The van der Waals surface area contributed by atoms with E-state index in [1.54, 1.807) is 0 Å². The van der Waals surface area contributed by atoms with Gasteiger partial charge >= 0.3 is 5.97 Å². The lowest BCUT2D eigenvalue weighted by Gasteiger charge is -2.52. The first-order chi connectivity index (χ1) is 10.1. The van der Waals surface area contributed by atoms with Gasteiger partial charge in [0, 0.05) is 24.2 Å². The van der Waals surface area contributed by atoms with Crippen LogP contribution in [0.15, 0.2) is 0 Å². The molecule has 0 aliphatic carbocycles. The molecule has 0 amide bonds. The van der Waals surface area contributed by atoms with E-state index in [0.717, 1.165) is 45.5 Å². The first kappa shape index (κ1) is 16.3. The summed E-state index contributed by atoms with van der Waals surface area (Å²) in [6.07, 6.45) is 5.31. The second kappa shape index (κ2) is 7.26. The van der Waals surface area contributed by atoms with E-state index in [9.17, 15) is 4.79 Å². The monoisotopic (exact) mass is 296 g/mol. The average molecular weight is 296 g/mol. The highest BCUT2D eigenvalue weighted by molar-refractivity contribution is 5.88. The summed E-state index contributed by atoms with van der Waals surface area (Å²) in [5.41, 5.74) is 0.0580. The minimum atomic E-state index is -0.842. The third kappa shape index (κ3) is 4.19. The molecule has 0 radical (unpaired) electrons. The van der Waals surface area contributed by atoms with E-state index in [1.165, 1.54) is 7.11 Å².